The molecule has 0 amide bonds. The first-order valence-electron chi connectivity index (χ1n) is 3.75. The number of carboxylic acid groups (broad SMARTS) is 1. The van der Waals surface area contributed by atoms with E-state index in [1.165, 1.54) is 6.92 Å². The van der Waals surface area contributed by atoms with E-state index in [0.29, 0.717) is 0 Å². The van der Waals surface area contributed by atoms with Gasteiger partial charge in [-0.25, -0.2) is 0 Å². The van der Waals surface area contributed by atoms with Crippen molar-refractivity contribution >= 4 is 5.97 Å². The van der Waals surface area contributed by atoms with E-state index in [-0.39, 0.29) is 0 Å². The van der Waals surface area contributed by atoms with E-state index >= 15 is 0 Å². The van der Waals surface area contributed by atoms with Crippen molar-refractivity contribution in [3.63, 3.8) is 0 Å². The second-order valence-corrected chi connectivity index (χ2v) is 1.65. The average Bonchev–Trinajstić information content (AvgIpc) is 1.82. The maximum atomic E-state index is 10.2. The van der Waals surface area contributed by atoms with Crippen molar-refractivity contribution in [2.75, 3.05) is 0 Å². The molecule has 8 heavy (non-hydrogen) atoms. The normalized spacial score (nSPS) is 24.5. The molecule has 0 radical (unpaired) electrons. The van der Waals surface area contributed by atoms with Crippen LogP contribution in [0.5, 0.6) is 0 Å². The summed E-state index contributed by atoms with van der Waals surface area (Å²) < 4.78 is 20.6. The van der Waals surface area contributed by atoms with Crippen LogP contribution in [0.4, 0.5) is 0 Å². The Bertz CT molecular complexity index is 156. The molecule has 0 aliphatic heterocycles. The monoisotopic (exact) mass is 120 g/mol. The van der Waals surface area contributed by atoms with Gasteiger partial charge < -0.3 is 10.8 Å². The Hall–Kier alpha value is -0.570. The Morgan fingerprint density at radius 2 is 2.50 bits per heavy atom. The fourth-order valence-electron chi connectivity index (χ4n) is 0.214. The standard InChI is InChI=1S/C5H11NO2/c1-3(2)4(6)5(7)8/h3-4H,6H2,1-2H3,(H,7,8)/t4-/m0/s1/i1D3/t3-,4+/m1. The van der Waals surface area contributed by atoms with Gasteiger partial charge in [0.05, 0.1) is 0 Å². The molecule has 0 unspecified atom stereocenters. The third-order valence-electron chi connectivity index (χ3n) is 0.824. The molecule has 0 fully saturated rings. The topological polar surface area (TPSA) is 63.3 Å². The number of carbonyl (C=O) groups is 1. The van der Waals surface area contributed by atoms with Crippen LogP contribution >= 0.6 is 0 Å². The van der Waals surface area contributed by atoms with E-state index in [2.05, 4.69) is 0 Å². The lowest BCUT2D eigenvalue weighted by Crippen LogP contribution is -2.34. The largest absolute Gasteiger partial charge is 0.480 e. The van der Waals surface area contributed by atoms with Gasteiger partial charge >= 0.3 is 5.97 Å². The molecule has 0 aromatic carbocycles. The summed E-state index contributed by atoms with van der Waals surface area (Å²) in [5, 5.41) is 8.34. The molecule has 0 rings (SSSR count). The molecule has 0 bridgehead atoms. The Kier molecular flexibility index (Phi) is 1.15. The highest BCUT2D eigenvalue weighted by Crippen LogP contribution is 1.96. The van der Waals surface area contributed by atoms with Crippen LogP contribution in [0.3, 0.4) is 0 Å². The summed E-state index contributed by atoms with van der Waals surface area (Å²) in [6, 6.07) is -1.32. The SMILES string of the molecule is [2H]C([2H])([2H])[C@H](C)[C@H](N)C(=O)O. The number of carboxylic acids is 1. The molecular weight excluding hydrogens is 106 g/mol. The third kappa shape index (κ3) is 1.93. The van der Waals surface area contributed by atoms with E-state index in [9.17, 15) is 4.79 Å². The van der Waals surface area contributed by atoms with Gasteiger partial charge in [-0.3, -0.25) is 4.79 Å². The van der Waals surface area contributed by atoms with E-state index < -0.39 is 24.8 Å². The van der Waals surface area contributed by atoms with Gasteiger partial charge in [0, 0.05) is 4.11 Å². The summed E-state index contributed by atoms with van der Waals surface area (Å²) in [4.78, 5) is 10.2. The van der Waals surface area contributed by atoms with Gasteiger partial charge in [0.25, 0.3) is 0 Å². The second kappa shape index (κ2) is 2.67. The van der Waals surface area contributed by atoms with Gasteiger partial charge in [-0.2, -0.15) is 0 Å². The van der Waals surface area contributed by atoms with Crippen LogP contribution in [0.2, 0.25) is 0 Å². The van der Waals surface area contributed by atoms with Crippen molar-refractivity contribution in [2.24, 2.45) is 11.7 Å². The molecule has 0 aliphatic rings. The number of nitrogens with two attached hydrogens (primary N) is 1. The van der Waals surface area contributed by atoms with Crippen LogP contribution < -0.4 is 5.73 Å². The molecule has 2 atom stereocenters. The van der Waals surface area contributed by atoms with Crippen molar-refractivity contribution < 1.29 is 14.0 Å². The summed E-state index contributed by atoms with van der Waals surface area (Å²) in [5.41, 5.74) is 5.09. The molecule has 0 saturated carbocycles. The van der Waals surface area contributed by atoms with Crippen molar-refractivity contribution in [2.45, 2.75) is 19.8 Å². The summed E-state index contributed by atoms with van der Waals surface area (Å²) >= 11 is 0. The Balaban J connectivity index is 4.25. The average molecular weight is 120 g/mol. The third-order valence-corrected chi connectivity index (χ3v) is 0.824. The molecule has 0 saturated heterocycles. The van der Waals surface area contributed by atoms with Crippen molar-refractivity contribution in [1.82, 2.24) is 0 Å². The van der Waals surface area contributed by atoms with Crippen LogP contribution in [-0.4, -0.2) is 17.1 Å². The Labute approximate surface area is 52.7 Å². The number of hydrogen-bond donors (Lipinski definition) is 2. The highest BCUT2D eigenvalue weighted by Gasteiger charge is 2.14. The predicted octanol–water partition coefficient (Wildman–Crippen LogP) is 0.0543. The molecule has 0 heterocycles. The lowest BCUT2D eigenvalue weighted by molar-refractivity contribution is -0.139. The minimum Gasteiger partial charge on any atom is -0.480 e. The van der Waals surface area contributed by atoms with Gasteiger partial charge in [-0.15, -0.1) is 0 Å². The predicted molar refractivity (Wildman–Crippen MR) is 30.4 cm³/mol. The van der Waals surface area contributed by atoms with Gasteiger partial charge in [-0.1, -0.05) is 13.8 Å². The molecule has 0 aliphatic carbocycles. The Morgan fingerprint density at radius 1 is 2.00 bits per heavy atom. The molecular formula is C5H11NO2. The highest BCUT2D eigenvalue weighted by atomic mass is 16.4. The zero-order valence-corrected chi connectivity index (χ0v) is 4.59. The van der Waals surface area contributed by atoms with E-state index in [1.54, 1.807) is 0 Å². The van der Waals surface area contributed by atoms with Crippen LogP contribution in [0.15, 0.2) is 0 Å². The highest BCUT2D eigenvalue weighted by molar-refractivity contribution is 5.73. The van der Waals surface area contributed by atoms with Crippen LogP contribution in [0, 0.1) is 5.92 Å². The van der Waals surface area contributed by atoms with Crippen LogP contribution in [0.1, 0.15) is 17.9 Å². The molecule has 3 nitrogen and oxygen atoms in total. The van der Waals surface area contributed by atoms with Crippen LogP contribution in [0.25, 0.3) is 0 Å². The minimum atomic E-state index is -2.29. The first kappa shape index (κ1) is 3.45. The first-order valence-corrected chi connectivity index (χ1v) is 2.25. The van der Waals surface area contributed by atoms with Gasteiger partial charge in [-0.05, 0) is 5.92 Å². The number of hydrogen-bond acceptors (Lipinski definition) is 2. The van der Waals surface area contributed by atoms with E-state index in [4.69, 9.17) is 15.0 Å². The number of aliphatic carboxylic acids is 1. The zero-order valence-electron chi connectivity index (χ0n) is 7.59. The van der Waals surface area contributed by atoms with Crippen molar-refractivity contribution in [3.05, 3.63) is 0 Å². The maximum Gasteiger partial charge on any atom is 0.320 e. The lowest BCUT2D eigenvalue weighted by Gasteiger charge is -2.07. The van der Waals surface area contributed by atoms with Gasteiger partial charge in [0.1, 0.15) is 6.04 Å². The minimum absolute atomic E-state index is 1.01. The maximum absolute atomic E-state index is 10.2. The summed E-state index contributed by atoms with van der Waals surface area (Å²) in [6.07, 6.45) is 0. The molecule has 3 heteroatoms. The van der Waals surface area contributed by atoms with Crippen LogP contribution in [-0.2, 0) is 4.79 Å². The molecule has 0 aromatic rings. The summed E-state index contributed by atoms with van der Waals surface area (Å²) in [7, 11) is 0. The molecule has 0 spiro atoms. The fourth-order valence-corrected chi connectivity index (χ4v) is 0.214. The summed E-state index contributed by atoms with van der Waals surface area (Å²) in [6.45, 7) is -0.996. The zero-order chi connectivity index (χ0) is 9.23. The second-order valence-electron chi connectivity index (χ2n) is 1.65. The molecule has 0 aromatic heterocycles. The smallest absolute Gasteiger partial charge is 0.320 e. The molecule has 3 N–H and O–H groups in total. The number of rotatable bonds is 2. The first-order chi connectivity index (χ1) is 4.76. The summed E-state index contributed by atoms with van der Waals surface area (Å²) in [5.74, 6) is -2.30. The van der Waals surface area contributed by atoms with Gasteiger partial charge in [0.2, 0.25) is 0 Å². The quantitative estimate of drug-likeness (QED) is 0.541. The van der Waals surface area contributed by atoms with Crippen molar-refractivity contribution in [1.29, 1.82) is 0 Å². The van der Waals surface area contributed by atoms with E-state index in [1.807, 2.05) is 0 Å². The van der Waals surface area contributed by atoms with Gasteiger partial charge in [0.15, 0.2) is 0 Å². The van der Waals surface area contributed by atoms with E-state index in [0.717, 1.165) is 0 Å². The lowest BCUT2D eigenvalue weighted by atomic mass is 10.1. The van der Waals surface area contributed by atoms with Crippen molar-refractivity contribution in [3.8, 4) is 0 Å². The Morgan fingerprint density at radius 3 is 2.62 bits per heavy atom. The fraction of sp³-hybridized carbons (Fsp3) is 0.800. The molecule has 48 valence electrons.